The van der Waals surface area contributed by atoms with Crippen molar-refractivity contribution in [2.45, 2.75) is 12.8 Å². The van der Waals surface area contributed by atoms with E-state index in [2.05, 4.69) is 16.4 Å². The van der Waals surface area contributed by atoms with Gasteiger partial charge < -0.3 is 10.1 Å². The molecule has 0 atom stereocenters. The van der Waals surface area contributed by atoms with Gasteiger partial charge in [-0.1, -0.05) is 0 Å². The van der Waals surface area contributed by atoms with Gasteiger partial charge in [0, 0.05) is 7.05 Å². The minimum Gasteiger partial charge on any atom is -0.492 e. The monoisotopic (exact) mass is 164 g/mol. The van der Waals surface area contributed by atoms with Gasteiger partial charge in [-0.05, 0) is 24.5 Å². The van der Waals surface area contributed by atoms with E-state index in [9.17, 15) is 0 Å². The molecule has 0 aliphatic carbocycles. The third-order valence-electron chi connectivity index (χ3n) is 2.05. The van der Waals surface area contributed by atoms with E-state index in [0.29, 0.717) is 0 Å². The molecular weight excluding hydrogens is 152 g/mol. The fourth-order valence-electron chi connectivity index (χ4n) is 1.39. The molecule has 1 aromatic heterocycles. The van der Waals surface area contributed by atoms with E-state index in [-0.39, 0.29) is 0 Å². The van der Waals surface area contributed by atoms with Crippen LogP contribution in [0.2, 0.25) is 0 Å². The first kappa shape index (κ1) is 7.40. The third kappa shape index (κ3) is 1.22. The number of ether oxygens (including phenoxy) is 1. The summed E-state index contributed by atoms with van der Waals surface area (Å²) in [7, 11) is 1.87. The molecule has 1 aromatic rings. The molecular formula is C9H12N2O. The molecule has 0 bridgehead atoms. The summed E-state index contributed by atoms with van der Waals surface area (Å²) in [4.78, 5) is 4.17. The van der Waals surface area contributed by atoms with Gasteiger partial charge in [0.1, 0.15) is 11.6 Å². The zero-order valence-electron chi connectivity index (χ0n) is 7.13. The molecule has 0 saturated heterocycles. The van der Waals surface area contributed by atoms with Crippen LogP contribution in [0.3, 0.4) is 0 Å². The van der Waals surface area contributed by atoms with Crippen LogP contribution in [-0.2, 0) is 6.42 Å². The summed E-state index contributed by atoms with van der Waals surface area (Å²) < 4.78 is 5.43. The molecule has 0 aromatic carbocycles. The summed E-state index contributed by atoms with van der Waals surface area (Å²) in [5.41, 5.74) is 1.26. The van der Waals surface area contributed by atoms with E-state index in [1.54, 1.807) is 6.20 Å². The number of nitrogens with one attached hydrogen (secondary N) is 1. The van der Waals surface area contributed by atoms with Gasteiger partial charge in [0.25, 0.3) is 0 Å². The van der Waals surface area contributed by atoms with Crippen LogP contribution in [0, 0.1) is 0 Å². The summed E-state index contributed by atoms with van der Waals surface area (Å²) in [5, 5.41) is 3.01. The van der Waals surface area contributed by atoms with Gasteiger partial charge in [0.15, 0.2) is 0 Å². The number of hydrogen-bond acceptors (Lipinski definition) is 3. The van der Waals surface area contributed by atoms with Crippen LogP contribution < -0.4 is 10.1 Å². The summed E-state index contributed by atoms with van der Waals surface area (Å²) in [6.45, 7) is 0.827. The topological polar surface area (TPSA) is 34.2 Å². The van der Waals surface area contributed by atoms with E-state index >= 15 is 0 Å². The lowest BCUT2D eigenvalue weighted by molar-refractivity contribution is 0.287. The molecule has 0 radical (unpaired) electrons. The van der Waals surface area contributed by atoms with Crippen LogP contribution in [0.25, 0.3) is 0 Å². The van der Waals surface area contributed by atoms with Gasteiger partial charge in [0.2, 0.25) is 0 Å². The maximum absolute atomic E-state index is 5.43. The van der Waals surface area contributed by atoms with E-state index in [4.69, 9.17) is 4.74 Å². The van der Waals surface area contributed by atoms with E-state index in [1.165, 1.54) is 5.56 Å². The highest BCUT2D eigenvalue weighted by atomic mass is 16.5. The molecule has 2 heterocycles. The van der Waals surface area contributed by atoms with Crippen molar-refractivity contribution in [1.29, 1.82) is 0 Å². The van der Waals surface area contributed by atoms with Crippen LogP contribution in [0.1, 0.15) is 12.0 Å². The number of hydrogen-bond donors (Lipinski definition) is 1. The molecule has 3 nitrogen and oxygen atoms in total. The summed E-state index contributed by atoms with van der Waals surface area (Å²) in [6.07, 6.45) is 4.01. The second-order valence-electron chi connectivity index (χ2n) is 2.88. The Kier molecular flexibility index (Phi) is 1.86. The van der Waals surface area contributed by atoms with E-state index in [0.717, 1.165) is 31.0 Å². The molecule has 64 valence electrons. The number of nitrogens with zero attached hydrogens (tertiary/aromatic N) is 1. The summed E-state index contributed by atoms with van der Waals surface area (Å²) >= 11 is 0. The first-order valence-electron chi connectivity index (χ1n) is 4.19. The summed E-state index contributed by atoms with van der Waals surface area (Å²) in [5.74, 6) is 1.86. The molecule has 3 heteroatoms. The van der Waals surface area contributed by atoms with Crippen molar-refractivity contribution in [3.05, 3.63) is 17.8 Å². The van der Waals surface area contributed by atoms with Crippen molar-refractivity contribution in [2.75, 3.05) is 19.0 Å². The number of rotatable bonds is 1. The lowest BCUT2D eigenvalue weighted by Gasteiger charge is -2.16. The minimum absolute atomic E-state index is 0.827. The highest BCUT2D eigenvalue weighted by Gasteiger charge is 2.10. The molecule has 1 aliphatic rings. The van der Waals surface area contributed by atoms with Crippen LogP contribution in [0.4, 0.5) is 5.82 Å². The summed E-state index contributed by atoms with van der Waals surface area (Å²) in [6, 6.07) is 2.05. The number of pyridine rings is 1. The van der Waals surface area contributed by atoms with E-state index in [1.807, 2.05) is 7.05 Å². The maximum Gasteiger partial charge on any atom is 0.140 e. The number of fused-ring (bicyclic) bond motifs is 1. The first-order valence-corrected chi connectivity index (χ1v) is 4.19. The van der Waals surface area contributed by atoms with Crippen molar-refractivity contribution in [2.24, 2.45) is 0 Å². The molecule has 12 heavy (non-hydrogen) atoms. The molecule has 0 amide bonds. The second-order valence-corrected chi connectivity index (χ2v) is 2.88. The molecule has 1 aliphatic heterocycles. The average Bonchev–Trinajstić information content (AvgIpc) is 2.17. The van der Waals surface area contributed by atoms with Gasteiger partial charge in [-0.25, -0.2) is 4.98 Å². The van der Waals surface area contributed by atoms with Crippen molar-refractivity contribution in [3.63, 3.8) is 0 Å². The van der Waals surface area contributed by atoms with Gasteiger partial charge in [-0.15, -0.1) is 0 Å². The van der Waals surface area contributed by atoms with Gasteiger partial charge in [-0.3, -0.25) is 0 Å². The first-order chi connectivity index (χ1) is 5.90. The van der Waals surface area contributed by atoms with Crippen LogP contribution >= 0.6 is 0 Å². The zero-order valence-corrected chi connectivity index (χ0v) is 7.13. The molecule has 0 fully saturated rings. The maximum atomic E-state index is 5.43. The molecule has 0 saturated carbocycles. The van der Waals surface area contributed by atoms with Crippen molar-refractivity contribution in [1.82, 2.24) is 4.98 Å². The Morgan fingerprint density at radius 3 is 3.33 bits per heavy atom. The molecule has 1 N–H and O–H groups in total. The number of anilines is 1. The number of aryl methyl sites for hydroxylation is 1. The zero-order chi connectivity index (χ0) is 8.39. The van der Waals surface area contributed by atoms with Crippen LogP contribution in [0.15, 0.2) is 12.3 Å². The Morgan fingerprint density at radius 1 is 1.58 bits per heavy atom. The lowest BCUT2D eigenvalue weighted by Crippen LogP contribution is -2.09. The van der Waals surface area contributed by atoms with Crippen LogP contribution in [-0.4, -0.2) is 18.6 Å². The Balaban J connectivity index is 2.36. The Morgan fingerprint density at radius 2 is 2.50 bits per heavy atom. The predicted molar refractivity (Wildman–Crippen MR) is 47.6 cm³/mol. The van der Waals surface area contributed by atoms with Gasteiger partial charge in [-0.2, -0.15) is 0 Å². The molecule has 0 unspecified atom stereocenters. The quantitative estimate of drug-likeness (QED) is 0.682. The Hall–Kier alpha value is -1.25. The highest BCUT2D eigenvalue weighted by Crippen LogP contribution is 2.25. The third-order valence-corrected chi connectivity index (χ3v) is 2.05. The molecule has 2 rings (SSSR count). The second kappa shape index (κ2) is 3.01. The number of aromatic nitrogens is 1. The van der Waals surface area contributed by atoms with Crippen molar-refractivity contribution < 1.29 is 4.74 Å². The van der Waals surface area contributed by atoms with Crippen LogP contribution in [0.5, 0.6) is 5.75 Å². The van der Waals surface area contributed by atoms with Crippen molar-refractivity contribution >= 4 is 5.82 Å². The highest BCUT2D eigenvalue weighted by molar-refractivity contribution is 5.44. The molecule has 0 spiro atoms. The standard InChI is InChI=1S/C9H12N2O/c1-10-9-5-7-3-2-4-12-8(7)6-11-9/h5-6H,2-4H2,1H3,(H,10,11). The fraction of sp³-hybridized carbons (Fsp3) is 0.444. The van der Waals surface area contributed by atoms with E-state index < -0.39 is 0 Å². The lowest BCUT2D eigenvalue weighted by atomic mass is 10.1. The normalized spacial score (nSPS) is 14.8. The largest absolute Gasteiger partial charge is 0.492 e. The Labute approximate surface area is 71.8 Å². The smallest absolute Gasteiger partial charge is 0.140 e. The predicted octanol–water partition coefficient (Wildman–Crippen LogP) is 1.45. The SMILES string of the molecule is CNc1cc2c(cn1)OCCC2. The Bertz CT molecular complexity index is 286. The van der Waals surface area contributed by atoms with Gasteiger partial charge >= 0.3 is 0 Å². The average molecular weight is 164 g/mol. The fourth-order valence-corrected chi connectivity index (χ4v) is 1.39. The van der Waals surface area contributed by atoms with Crippen molar-refractivity contribution in [3.8, 4) is 5.75 Å². The minimum atomic E-state index is 0.827. The van der Waals surface area contributed by atoms with Gasteiger partial charge in [0.05, 0.1) is 12.8 Å².